The number of aromatic nitrogens is 3. The summed E-state index contributed by atoms with van der Waals surface area (Å²) in [6.45, 7) is 4.19. The van der Waals surface area contributed by atoms with Gasteiger partial charge in [0.2, 0.25) is 0 Å². The van der Waals surface area contributed by atoms with Crippen LogP contribution in [0.2, 0.25) is 0 Å². The molecule has 0 fully saturated rings. The Morgan fingerprint density at radius 1 is 0.857 bits per heavy atom. The lowest BCUT2D eigenvalue weighted by molar-refractivity contribution is 0.617. The zero-order valence-electron chi connectivity index (χ0n) is 15.8. The fourth-order valence-corrected chi connectivity index (χ4v) is 3.93. The number of hydrogen-bond acceptors (Lipinski definition) is 3. The molecule has 0 radical (unpaired) electrons. The van der Waals surface area contributed by atoms with Gasteiger partial charge in [0.1, 0.15) is 5.82 Å². The normalized spacial score (nSPS) is 11.0. The summed E-state index contributed by atoms with van der Waals surface area (Å²) < 4.78 is 16.1. The molecule has 0 spiro atoms. The zero-order valence-corrected chi connectivity index (χ0v) is 16.6. The monoisotopic (exact) mass is 389 g/mol. The van der Waals surface area contributed by atoms with Crippen LogP contribution in [-0.4, -0.2) is 14.8 Å². The smallest absolute Gasteiger partial charge is 0.196 e. The van der Waals surface area contributed by atoms with E-state index in [0.717, 1.165) is 22.2 Å². The lowest BCUT2D eigenvalue weighted by Gasteiger charge is -2.12. The molecule has 0 aliphatic carbocycles. The van der Waals surface area contributed by atoms with Crippen molar-refractivity contribution in [3.05, 3.63) is 95.3 Å². The van der Waals surface area contributed by atoms with Crippen molar-refractivity contribution in [2.75, 3.05) is 0 Å². The van der Waals surface area contributed by atoms with Gasteiger partial charge in [0.05, 0.1) is 5.69 Å². The molecule has 28 heavy (non-hydrogen) atoms. The molecule has 3 nitrogen and oxygen atoms in total. The van der Waals surface area contributed by atoms with Crippen molar-refractivity contribution in [2.45, 2.75) is 24.8 Å². The molecular formula is C23H20FN3S. The number of hydrogen-bond donors (Lipinski definition) is 0. The molecule has 0 N–H and O–H groups in total. The Labute approximate surface area is 168 Å². The first-order chi connectivity index (χ1) is 13.6. The van der Waals surface area contributed by atoms with Gasteiger partial charge >= 0.3 is 0 Å². The third-order valence-electron chi connectivity index (χ3n) is 4.73. The maximum Gasteiger partial charge on any atom is 0.196 e. The molecule has 0 aliphatic heterocycles. The Kier molecular flexibility index (Phi) is 5.26. The molecule has 0 saturated carbocycles. The van der Waals surface area contributed by atoms with Crippen LogP contribution in [0.1, 0.15) is 16.7 Å². The molecule has 1 heterocycles. The Balaban J connectivity index is 1.77. The second-order valence-electron chi connectivity index (χ2n) is 6.66. The largest absolute Gasteiger partial charge is 0.270 e. The van der Waals surface area contributed by atoms with Crippen molar-refractivity contribution < 1.29 is 4.39 Å². The van der Waals surface area contributed by atoms with E-state index in [-0.39, 0.29) is 5.82 Å². The predicted octanol–water partition coefficient (Wildman–Crippen LogP) is 5.98. The first-order valence-corrected chi connectivity index (χ1v) is 10.1. The van der Waals surface area contributed by atoms with Crippen molar-refractivity contribution in [1.82, 2.24) is 14.8 Å². The van der Waals surface area contributed by atoms with Crippen LogP contribution in [0.25, 0.3) is 17.1 Å². The van der Waals surface area contributed by atoms with E-state index in [4.69, 9.17) is 0 Å². The molecule has 0 saturated heterocycles. The van der Waals surface area contributed by atoms with Crippen LogP contribution in [0.4, 0.5) is 4.39 Å². The number of thioether (sulfide) groups is 1. The quantitative estimate of drug-likeness (QED) is 0.393. The van der Waals surface area contributed by atoms with Gasteiger partial charge < -0.3 is 0 Å². The van der Waals surface area contributed by atoms with Crippen LogP contribution in [0.5, 0.6) is 0 Å². The summed E-state index contributed by atoms with van der Waals surface area (Å²) in [5.74, 6) is 1.07. The first kappa shape index (κ1) is 18.4. The maximum absolute atomic E-state index is 14.0. The van der Waals surface area contributed by atoms with Gasteiger partial charge in [-0.25, -0.2) is 4.39 Å². The van der Waals surface area contributed by atoms with E-state index in [9.17, 15) is 4.39 Å². The first-order valence-electron chi connectivity index (χ1n) is 9.08. The Bertz CT molecular complexity index is 1110. The number of benzene rings is 3. The maximum atomic E-state index is 14.0. The molecule has 5 heteroatoms. The van der Waals surface area contributed by atoms with Crippen LogP contribution in [0.3, 0.4) is 0 Å². The average molecular weight is 389 g/mol. The minimum Gasteiger partial charge on any atom is -0.270 e. The molecule has 1 aromatic heterocycles. The molecule has 4 aromatic rings. The van der Waals surface area contributed by atoms with Gasteiger partial charge in [0.15, 0.2) is 11.0 Å². The molecule has 0 unspecified atom stereocenters. The van der Waals surface area contributed by atoms with E-state index < -0.39 is 0 Å². The van der Waals surface area contributed by atoms with Crippen LogP contribution >= 0.6 is 11.8 Å². The Morgan fingerprint density at radius 2 is 1.61 bits per heavy atom. The lowest BCUT2D eigenvalue weighted by atomic mass is 10.1. The van der Waals surface area contributed by atoms with E-state index in [1.54, 1.807) is 12.1 Å². The molecule has 3 aromatic carbocycles. The highest BCUT2D eigenvalue weighted by Crippen LogP contribution is 2.30. The van der Waals surface area contributed by atoms with Gasteiger partial charge in [0.25, 0.3) is 0 Å². The average Bonchev–Trinajstić information content (AvgIpc) is 3.14. The van der Waals surface area contributed by atoms with Crippen molar-refractivity contribution >= 4 is 11.8 Å². The minimum absolute atomic E-state index is 0.199. The highest BCUT2D eigenvalue weighted by molar-refractivity contribution is 7.98. The zero-order chi connectivity index (χ0) is 19.5. The van der Waals surface area contributed by atoms with E-state index in [2.05, 4.69) is 42.2 Å². The van der Waals surface area contributed by atoms with Gasteiger partial charge in [0, 0.05) is 11.3 Å². The SMILES string of the molecule is Cc1ccc(-n2c(SCc3ccccc3F)nnc2-c2ccccc2)cc1C. The Hall–Kier alpha value is -2.92. The molecule has 0 amide bonds. The van der Waals surface area contributed by atoms with Crippen LogP contribution in [0, 0.1) is 19.7 Å². The van der Waals surface area contributed by atoms with Crippen molar-refractivity contribution in [1.29, 1.82) is 0 Å². The van der Waals surface area contributed by atoms with Gasteiger partial charge in [-0.3, -0.25) is 4.57 Å². The standard InChI is InChI=1S/C23H20FN3S/c1-16-12-13-20(14-17(16)2)27-22(18-8-4-3-5-9-18)25-26-23(27)28-15-19-10-6-7-11-21(19)24/h3-14H,15H2,1-2H3. The molecule has 140 valence electrons. The van der Waals surface area contributed by atoms with Crippen molar-refractivity contribution in [3.63, 3.8) is 0 Å². The van der Waals surface area contributed by atoms with Gasteiger partial charge in [-0.05, 0) is 48.7 Å². The second-order valence-corrected chi connectivity index (χ2v) is 7.60. The summed E-state index contributed by atoms with van der Waals surface area (Å²) in [6, 6.07) is 23.2. The summed E-state index contributed by atoms with van der Waals surface area (Å²) in [5.41, 5.74) is 5.09. The van der Waals surface area contributed by atoms with Crippen LogP contribution < -0.4 is 0 Å². The topological polar surface area (TPSA) is 30.7 Å². The second kappa shape index (κ2) is 7.98. The van der Waals surface area contributed by atoms with E-state index in [0.29, 0.717) is 11.3 Å². The summed E-state index contributed by atoms with van der Waals surface area (Å²) in [7, 11) is 0. The molecule has 0 atom stereocenters. The number of rotatable bonds is 5. The van der Waals surface area contributed by atoms with Gasteiger partial charge in [-0.1, -0.05) is 66.4 Å². The summed E-state index contributed by atoms with van der Waals surface area (Å²) in [4.78, 5) is 0. The minimum atomic E-state index is -0.199. The summed E-state index contributed by atoms with van der Waals surface area (Å²) in [5, 5.41) is 9.61. The Morgan fingerprint density at radius 3 is 2.36 bits per heavy atom. The molecular weight excluding hydrogens is 369 g/mol. The van der Waals surface area contributed by atoms with E-state index in [1.165, 1.54) is 29.0 Å². The lowest BCUT2D eigenvalue weighted by Crippen LogP contribution is -2.01. The summed E-state index contributed by atoms with van der Waals surface area (Å²) >= 11 is 1.48. The van der Waals surface area contributed by atoms with Crippen LogP contribution in [0.15, 0.2) is 78.0 Å². The molecule has 4 rings (SSSR count). The number of nitrogens with zero attached hydrogens (tertiary/aromatic N) is 3. The number of aryl methyl sites for hydroxylation is 2. The third-order valence-corrected chi connectivity index (χ3v) is 5.71. The number of halogens is 1. The van der Waals surface area contributed by atoms with Crippen molar-refractivity contribution in [2.24, 2.45) is 0 Å². The molecule has 0 aliphatic rings. The predicted molar refractivity (Wildman–Crippen MR) is 112 cm³/mol. The van der Waals surface area contributed by atoms with E-state index >= 15 is 0 Å². The van der Waals surface area contributed by atoms with E-state index in [1.807, 2.05) is 41.0 Å². The fourth-order valence-electron chi connectivity index (χ4n) is 2.99. The molecule has 0 bridgehead atoms. The highest BCUT2D eigenvalue weighted by Gasteiger charge is 2.17. The van der Waals surface area contributed by atoms with Crippen LogP contribution in [-0.2, 0) is 5.75 Å². The summed E-state index contributed by atoms with van der Waals surface area (Å²) in [6.07, 6.45) is 0. The van der Waals surface area contributed by atoms with Gasteiger partial charge in [-0.2, -0.15) is 0 Å². The highest BCUT2D eigenvalue weighted by atomic mass is 32.2. The third kappa shape index (κ3) is 3.71. The van der Waals surface area contributed by atoms with Crippen molar-refractivity contribution in [3.8, 4) is 17.1 Å². The fraction of sp³-hybridized carbons (Fsp3) is 0.130. The van der Waals surface area contributed by atoms with Gasteiger partial charge in [-0.15, -0.1) is 10.2 Å².